The summed E-state index contributed by atoms with van der Waals surface area (Å²) in [5.74, 6) is -0.276. The zero-order chi connectivity index (χ0) is 19.0. The predicted molar refractivity (Wildman–Crippen MR) is 106 cm³/mol. The summed E-state index contributed by atoms with van der Waals surface area (Å²) >= 11 is 6.12. The maximum atomic E-state index is 13.1. The molecule has 0 saturated carbocycles. The van der Waals surface area contributed by atoms with Crippen molar-refractivity contribution < 1.29 is 4.79 Å². The average molecular weight is 381 g/mol. The van der Waals surface area contributed by atoms with Crippen molar-refractivity contribution in [2.75, 3.05) is 7.05 Å². The number of fused-ring (bicyclic) bond motifs is 3. The van der Waals surface area contributed by atoms with Crippen LogP contribution in [0.3, 0.4) is 0 Å². The van der Waals surface area contributed by atoms with Crippen molar-refractivity contribution in [2.24, 2.45) is 0 Å². The lowest BCUT2D eigenvalue weighted by Crippen LogP contribution is -2.32. The minimum Gasteiger partial charge on any atom is -0.358 e. The van der Waals surface area contributed by atoms with Gasteiger partial charge in [-0.15, -0.1) is 0 Å². The highest BCUT2D eigenvalue weighted by Crippen LogP contribution is 2.27. The molecule has 6 nitrogen and oxygen atoms in total. The molecule has 136 valence electrons. The molecule has 0 radical (unpaired) electrons. The Morgan fingerprint density at radius 1 is 1.15 bits per heavy atom. The number of nitrogens with zero attached hydrogens (tertiary/aromatic N) is 3. The molecular weight excluding hydrogens is 364 g/mol. The summed E-state index contributed by atoms with van der Waals surface area (Å²) in [5.41, 5.74) is 2.15. The molecule has 0 saturated heterocycles. The summed E-state index contributed by atoms with van der Waals surface area (Å²) in [7, 11) is 1.53. The maximum absolute atomic E-state index is 13.1. The molecule has 2 aromatic carbocycles. The second-order valence-electron chi connectivity index (χ2n) is 6.28. The summed E-state index contributed by atoms with van der Waals surface area (Å²) in [6.07, 6.45) is 1.65. The van der Waals surface area contributed by atoms with E-state index in [9.17, 15) is 9.59 Å². The first-order chi connectivity index (χ1) is 13.1. The molecule has 0 fully saturated rings. The van der Waals surface area contributed by atoms with Crippen molar-refractivity contribution in [3.8, 4) is 0 Å². The second kappa shape index (κ2) is 6.89. The van der Waals surface area contributed by atoms with E-state index in [1.54, 1.807) is 6.20 Å². The number of likely N-dealkylation sites (N-methyl/N-ethyl adjacent to an activating group) is 1. The number of nitrogens with one attached hydrogen (secondary N) is 1. The van der Waals surface area contributed by atoms with E-state index in [-0.39, 0.29) is 18.0 Å². The number of halogens is 1. The van der Waals surface area contributed by atoms with Gasteiger partial charge in [-0.25, -0.2) is 4.68 Å². The number of carbonyl (C=O) groups excluding carboxylic acids is 1. The van der Waals surface area contributed by atoms with Crippen molar-refractivity contribution in [1.82, 2.24) is 19.7 Å². The van der Waals surface area contributed by atoms with Crippen LogP contribution in [0, 0.1) is 0 Å². The number of hydrogen-bond donors (Lipinski definition) is 1. The first kappa shape index (κ1) is 17.3. The van der Waals surface area contributed by atoms with Gasteiger partial charge >= 0.3 is 0 Å². The highest BCUT2D eigenvalue weighted by molar-refractivity contribution is 6.30. The van der Waals surface area contributed by atoms with E-state index < -0.39 is 0 Å². The van der Waals surface area contributed by atoms with E-state index in [1.165, 1.54) is 11.7 Å². The van der Waals surface area contributed by atoms with Crippen LogP contribution in [0.15, 0.2) is 59.5 Å². The molecule has 0 atom stereocenters. The fourth-order valence-corrected chi connectivity index (χ4v) is 3.52. The Morgan fingerprint density at radius 2 is 1.96 bits per heavy atom. The maximum Gasteiger partial charge on any atom is 0.291 e. The molecule has 27 heavy (non-hydrogen) atoms. The quantitative estimate of drug-likeness (QED) is 0.592. The van der Waals surface area contributed by atoms with Gasteiger partial charge in [-0.3, -0.25) is 9.59 Å². The second-order valence-corrected chi connectivity index (χ2v) is 6.71. The topological polar surface area (TPSA) is 68.9 Å². The summed E-state index contributed by atoms with van der Waals surface area (Å²) < 4.78 is 3.15. The number of rotatable bonds is 4. The van der Waals surface area contributed by atoms with E-state index in [0.717, 1.165) is 21.9 Å². The molecule has 4 aromatic rings. The number of amides is 1. The average Bonchev–Trinajstić information content (AvgIpc) is 2.98. The monoisotopic (exact) mass is 380 g/mol. The number of carbonyl (C=O) groups is 1. The zero-order valence-electron chi connectivity index (χ0n) is 14.6. The van der Waals surface area contributed by atoms with E-state index in [1.807, 2.05) is 53.1 Å². The van der Waals surface area contributed by atoms with Gasteiger partial charge in [0.15, 0.2) is 0 Å². The molecule has 0 aliphatic carbocycles. The molecule has 1 amide bonds. The summed E-state index contributed by atoms with van der Waals surface area (Å²) in [6.45, 7) is 0.369. The Bertz CT molecular complexity index is 1230. The highest BCUT2D eigenvalue weighted by atomic mass is 35.5. The zero-order valence-corrected chi connectivity index (χ0v) is 15.4. The van der Waals surface area contributed by atoms with Crippen molar-refractivity contribution in [1.29, 1.82) is 0 Å². The van der Waals surface area contributed by atoms with Crippen molar-refractivity contribution >= 4 is 39.3 Å². The number of aromatic nitrogens is 3. The van der Waals surface area contributed by atoms with Crippen LogP contribution in [0.2, 0.25) is 5.02 Å². The minimum absolute atomic E-state index is 0.121. The molecule has 0 spiro atoms. The molecule has 0 aliphatic rings. The van der Waals surface area contributed by atoms with Crippen LogP contribution < -0.4 is 10.9 Å². The first-order valence-electron chi connectivity index (χ1n) is 8.50. The van der Waals surface area contributed by atoms with Gasteiger partial charge in [0, 0.05) is 34.9 Å². The third kappa shape index (κ3) is 3.08. The van der Waals surface area contributed by atoms with Gasteiger partial charge in [-0.1, -0.05) is 41.9 Å². The van der Waals surface area contributed by atoms with Gasteiger partial charge in [-0.05, 0) is 23.8 Å². The fourth-order valence-electron chi connectivity index (χ4n) is 3.30. The van der Waals surface area contributed by atoms with Crippen LogP contribution in [0.5, 0.6) is 0 Å². The lowest BCUT2D eigenvalue weighted by atomic mass is 10.2. The molecule has 1 N–H and O–H groups in total. The van der Waals surface area contributed by atoms with Gasteiger partial charge in [-0.2, -0.15) is 5.10 Å². The van der Waals surface area contributed by atoms with Gasteiger partial charge in [0.2, 0.25) is 5.91 Å². The van der Waals surface area contributed by atoms with Crippen molar-refractivity contribution in [2.45, 2.75) is 13.1 Å². The van der Waals surface area contributed by atoms with Crippen LogP contribution in [0.4, 0.5) is 0 Å². The van der Waals surface area contributed by atoms with Crippen LogP contribution in [0.1, 0.15) is 5.56 Å². The molecule has 2 aromatic heterocycles. The predicted octanol–water partition coefficient (Wildman–Crippen LogP) is 2.80. The van der Waals surface area contributed by atoms with Crippen LogP contribution in [-0.2, 0) is 17.9 Å². The van der Waals surface area contributed by atoms with E-state index in [2.05, 4.69) is 10.4 Å². The van der Waals surface area contributed by atoms with Gasteiger partial charge in [0.05, 0.1) is 6.20 Å². The molecule has 4 rings (SSSR count). The van der Waals surface area contributed by atoms with Crippen molar-refractivity contribution in [3.63, 3.8) is 0 Å². The fraction of sp³-hybridized carbons (Fsp3) is 0.150. The minimum atomic E-state index is -0.297. The highest BCUT2D eigenvalue weighted by Gasteiger charge is 2.17. The lowest BCUT2D eigenvalue weighted by molar-refractivity contribution is -0.121. The Morgan fingerprint density at radius 3 is 2.74 bits per heavy atom. The number of hydrogen-bond acceptors (Lipinski definition) is 3. The van der Waals surface area contributed by atoms with Crippen molar-refractivity contribution in [3.05, 3.63) is 75.7 Å². The molecule has 0 unspecified atom stereocenters. The third-order valence-corrected chi connectivity index (χ3v) is 4.81. The van der Waals surface area contributed by atoms with Crippen LogP contribution in [0.25, 0.3) is 21.8 Å². The normalized spacial score (nSPS) is 11.2. The van der Waals surface area contributed by atoms with E-state index in [4.69, 9.17) is 11.6 Å². The Labute approximate surface area is 160 Å². The molecule has 0 aliphatic heterocycles. The third-order valence-electron chi connectivity index (χ3n) is 4.58. The number of para-hydroxylation sites is 1. The van der Waals surface area contributed by atoms with Crippen LogP contribution in [-0.4, -0.2) is 27.3 Å². The Hall–Kier alpha value is -3.12. The Kier molecular flexibility index (Phi) is 4.41. The standard InChI is InChI=1S/C20H17ClN4O2/c1-22-18(26)12-25-20(27)19-16(10-23-25)15-7-2-3-8-17(15)24(19)11-13-5-4-6-14(21)9-13/h2-10H,11-12H2,1H3,(H,22,26). The Balaban J connectivity index is 1.97. The van der Waals surface area contributed by atoms with E-state index in [0.29, 0.717) is 17.1 Å². The number of benzene rings is 2. The lowest BCUT2D eigenvalue weighted by Gasteiger charge is -2.09. The first-order valence-corrected chi connectivity index (χ1v) is 8.88. The summed E-state index contributed by atoms with van der Waals surface area (Å²) in [5, 5.41) is 9.07. The SMILES string of the molecule is CNC(=O)Cn1ncc2c3ccccc3n(Cc3cccc(Cl)c3)c2c1=O. The van der Waals surface area contributed by atoms with Crippen LogP contribution >= 0.6 is 11.6 Å². The smallest absolute Gasteiger partial charge is 0.291 e. The van der Waals surface area contributed by atoms with Gasteiger partial charge < -0.3 is 9.88 Å². The molecular formula is C20H17ClN4O2. The van der Waals surface area contributed by atoms with E-state index >= 15 is 0 Å². The molecule has 7 heteroatoms. The molecule has 0 bridgehead atoms. The molecule has 2 heterocycles. The summed E-state index contributed by atoms with van der Waals surface area (Å²) in [4.78, 5) is 24.8. The van der Waals surface area contributed by atoms with Gasteiger partial charge in [0.25, 0.3) is 5.56 Å². The van der Waals surface area contributed by atoms with Gasteiger partial charge in [0.1, 0.15) is 12.1 Å². The summed E-state index contributed by atoms with van der Waals surface area (Å²) in [6, 6.07) is 15.4. The largest absolute Gasteiger partial charge is 0.358 e.